The van der Waals surface area contributed by atoms with Crippen molar-refractivity contribution >= 4 is 52.7 Å². The lowest BCUT2D eigenvalue weighted by Gasteiger charge is -2.23. The van der Waals surface area contributed by atoms with Crippen molar-refractivity contribution in [2.45, 2.75) is 6.92 Å². The minimum Gasteiger partial charge on any atom is -0.324 e. The Balaban J connectivity index is 1.55. The van der Waals surface area contributed by atoms with E-state index >= 15 is 0 Å². The van der Waals surface area contributed by atoms with Crippen LogP contribution in [0.2, 0.25) is 5.02 Å². The van der Waals surface area contributed by atoms with Crippen molar-refractivity contribution in [3.8, 4) is 0 Å². The summed E-state index contributed by atoms with van der Waals surface area (Å²) in [6.45, 7) is 2.04. The van der Waals surface area contributed by atoms with Gasteiger partial charge in [-0.25, -0.2) is 5.43 Å². The highest BCUT2D eigenvalue weighted by atomic mass is 35.5. The molecule has 1 heterocycles. The van der Waals surface area contributed by atoms with Crippen LogP contribution in [0.4, 0.5) is 34.9 Å². The zero-order valence-corrected chi connectivity index (χ0v) is 20.8. The van der Waals surface area contributed by atoms with Crippen molar-refractivity contribution in [3.05, 3.63) is 125 Å². The van der Waals surface area contributed by atoms with Crippen LogP contribution in [0, 0.1) is 6.92 Å². The molecule has 0 spiro atoms. The van der Waals surface area contributed by atoms with Crippen LogP contribution in [0.1, 0.15) is 11.1 Å². The van der Waals surface area contributed by atoms with Crippen LogP contribution in [-0.4, -0.2) is 21.2 Å². The standard InChI is InChI=1S/C29H24ClN7/c1-21-16-18-23(19-17-21)32-27-33-28(36-31-20-22-10-8-9-15-26(22)30)35-29(34-27)37(24-11-4-2-5-12-24)25-13-6-3-7-14-25/h2-20H,1H3,(H2,32,33,34,35,36)/b31-20+. The fraction of sp³-hybridized carbons (Fsp3) is 0.0345. The fourth-order valence-electron chi connectivity index (χ4n) is 3.61. The van der Waals surface area contributed by atoms with Gasteiger partial charge in [-0.05, 0) is 49.4 Å². The van der Waals surface area contributed by atoms with Gasteiger partial charge in [0.2, 0.25) is 17.8 Å². The number of rotatable bonds is 8. The highest BCUT2D eigenvalue weighted by Gasteiger charge is 2.18. The largest absolute Gasteiger partial charge is 0.324 e. The molecule has 0 unspecified atom stereocenters. The monoisotopic (exact) mass is 505 g/mol. The summed E-state index contributed by atoms with van der Waals surface area (Å²) >= 11 is 6.26. The number of nitrogens with one attached hydrogen (secondary N) is 2. The summed E-state index contributed by atoms with van der Waals surface area (Å²) in [7, 11) is 0. The summed E-state index contributed by atoms with van der Waals surface area (Å²) in [5.74, 6) is 1.08. The molecule has 7 nitrogen and oxygen atoms in total. The van der Waals surface area contributed by atoms with Gasteiger partial charge in [-0.15, -0.1) is 0 Å². The average molecular weight is 506 g/mol. The Kier molecular flexibility index (Phi) is 7.34. The average Bonchev–Trinajstić information content (AvgIpc) is 2.92. The first-order valence-electron chi connectivity index (χ1n) is 11.7. The molecule has 5 rings (SSSR count). The summed E-state index contributed by atoms with van der Waals surface area (Å²) in [5.41, 5.74) is 7.56. The molecular weight excluding hydrogens is 482 g/mol. The molecule has 0 aliphatic rings. The van der Waals surface area contributed by atoms with E-state index in [2.05, 4.69) is 20.8 Å². The zero-order valence-electron chi connectivity index (χ0n) is 20.1. The fourth-order valence-corrected chi connectivity index (χ4v) is 3.79. The minimum absolute atomic E-state index is 0.278. The Hall–Kier alpha value is -4.75. The first kappa shape index (κ1) is 24.0. The van der Waals surface area contributed by atoms with Crippen molar-refractivity contribution < 1.29 is 0 Å². The number of benzene rings is 4. The number of nitrogens with zero attached hydrogens (tertiary/aromatic N) is 5. The predicted octanol–water partition coefficient (Wildman–Crippen LogP) is 7.49. The van der Waals surface area contributed by atoms with Crippen LogP contribution in [0.5, 0.6) is 0 Å². The molecular formula is C29H24ClN7. The lowest BCUT2D eigenvalue weighted by Crippen LogP contribution is -2.16. The molecule has 0 radical (unpaired) electrons. The van der Waals surface area contributed by atoms with E-state index in [9.17, 15) is 0 Å². The van der Waals surface area contributed by atoms with Gasteiger partial charge in [0.1, 0.15) is 0 Å². The third-order valence-electron chi connectivity index (χ3n) is 5.43. The summed E-state index contributed by atoms with van der Waals surface area (Å²) in [6.07, 6.45) is 1.63. The third-order valence-corrected chi connectivity index (χ3v) is 5.78. The van der Waals surface area contributed by atoms with Gasteiger partial charge in [-0.2, -0.15) is 20.1 Å². The quantitative estimate of drug-likeness (QED) is 0.168. The Labute approximate surface area is 220 Å². The van der Waals surface area contributed by atoms with Crippen LogP contribution < -0.4 is 15.6 Å². The molecule has 37 heavy (non-hydrogen) atoms. The molecule has 0 saturated heterocycles. The summed E-state index contributed by atoms with van der Waals surface area (Å²) in [4.78, 5) is 16.0. The van der Waals surface area contributed by atoms with Crippen LogP contribution >= 0.6 is 11.6 Å². The van der Waals surface area contributed by atoms with Crippen molar-refractivity contribution in [1.29, 1.82) is 0 Å². The molecule has 5 aromatic rings. The van der Waals surface area contributed by atoms with Crippen molar-refractivity contribution in [3.63, 3.8) is 0 Å². The highest BCUT2D eigenvalue weighted by molar-refractivity contribution is 6.33. The number of hydrogen-bond donors (Lipinski definition) is 2. The van der Waals surface area contributed by atoms with E-state index < -0.39 is 0 Å². The van der Waals surface area contributed by atoms with Gasteiger partial charge in [-0.1, -0.05) is 83.9 Å². The number of halogens is 1. The molecule has 0 amide bonds. The molecule has 2 N–H and O–H groups in total. The van der Waals surface area contributed by atoms with Gasteiger partial charge in [0.05, 0.1) is 6.21 Å². The molecule has 0 atom stereocenters. The molecule has 0 aliphatic heterocycles. The minimum atomic E-state index is 0.278. The number of aryl methyl sites for hydroxylation is 1. The van der Waals surface area contributed by atoms with E-state index in [0.717, 1.165) is 28.2 Å². The number of aromatic nitrogens is 3. The molecule has 1 aromatic heterocycles. The van der Waals surface area contributed by atoms with E-state index in [4.69, 9.17) is 21.6 Å². The topological polar surface area (TPSA) is 78.3 Å². The molecule has 0 saturated carbocycles. The van der Waals surface area contributed by atoms with Crippen LogP contribution in [0.15, 0.2) is 114 Å². The lowest BCUT2D eigenvalue weighted by atomic mass is 10.2. The first-order chi connectivity index (χ1) is 18.2. The van der Waals surface area contributed by atoms with Gasteiger partial charge < -0.3 is 5.32 Å². The zero-order chi connectivity index (χ0) is 25.5. The molecule has 182 valence electrons. The maximum atomic E-state index is 6.26. The Bertz CT molecular complexity index is 1450. The van der Waals surface area contributed by atoms with E-state index in [1.165, 1.54) is 0 Å². The Morgan fingerprint density at radius 2 is 1.30 bits per heavy atom. The summed E-state index contributed by atoms with van der Waals surface area (Å²) in [5, 5.41) is 8.21. The number of anilines is 6. The lowest BCUT2D eigenvalue weighted by molar-refractivity contribution is 1.00. The number of hydrogen-bond acceptors (Lipinski definition) is 7. The Morgan fingerprint density at radius 1 is 0.703 bits per heavy atom. The van der Waals surface area contributed by atoms with E-state index in [0.29, 0.717) is 16.9 Å². The van der Waals surface area contributed by atoms with Crippen molar-refractivity contribution in [2.75, 3.05) is 15.6 Å². The Morgan fingerprint density at radius 3 is 1.95 bits per heavy atom. The van der Waals surface area contributed by atoms with Gasteiger partial charge in [0, 0.05) is 27.6 Å². The second-order valence-electron chi connectivity index (χ2n) is 8.17. The van der Waals surface area contributed by atoms with Crippen LogP contribution in [-0.2, 0) is 0 Å². The van der Waals surface area contributed by atoms with Gasteiger partial charge in [0.25, 0.3) is 0 Å². The maximum absolute atomic E-state index is 6.26. The summed E-state index contributed by atoms with van der Waals surface area (Å²) in [6, 6.07) is 35.3. The molecule has 8 heteroatoms. The van der Waals surface area contributed by atoms with E-state index in [1.54, 1.807) is 6.21 Å². The number of hydrazone groups is 1. The van der Waals surface area contributed by atoms with Crippen molar-refractivity contribution in [2.24, 2.45) is 5.10 Å². The SMILES string of the molecule is Cc1ccc(Nc2nc(N/N=C/c3ccccc3Cl)nc(N(c3ccccc3)c3ccccc3)n2)cc1. The van der Waals surface area contributed by atoms with Crippen LogP contribution in [0.25, 0.3) is 0 Å². The van der Waals surface area contributed by atoms with Crippen LogP contribution in [0.3, 0.4) is 0 Å². The van der Waals surface area contributed by atoms with Gasteiger partial charge >= 0.3 is 0 Å². The predicted molar refractivity (Wildman–Crippen MR) is 152 cm³/mol. The van der Waals surface area contributed by atoms with Gasteiger partial charge in [-0.3, -0.25) is 4.90 Å². The second kappa shape index (κ2) is 11.3. The third kappa shape index (κ3) is 6.09. The molecule has 0 bridgehead atoms. The van der Waals surface area contributed by atoms with E-state index in [1.807, 2.05) is 121 Å². The molecule has 0 aliphatic carbocycles. The molecule has 0 fully saturated rings. The number of para-hydroxylation sites is 2. The summed E-state index contributed by atoms with van der Waals surface area (Å²) < 4.78 is 0. The van der Waals surface area contributed by atoms with Gasteiger partial charge in [0.15, 0.2) is 0 Å². The first-order valence-corrected chi connectivity index (χ1v) is 12.1. The van der Waals surface area contributed by atoms with E-state index in [-0.39, 0.29) is 5.95 Å². The van der Waals surface area contributed by atoms with Crippen molar-refractivity contribution in [1.82, 2.24) is 15.0 Å². The smallest absolute Gasteiger partial charge is 0.250 e. The molecule has 4 aromatic carbocycles. The highest BCUT2D eigenvalue weighted by Crippen LogP contribution is 2.32. The second-order valence-corrected chi connectivity index (χ2v) is 8.58. The normalized spacial score (nSPS) is 10.9. The maximum Gasteiger partial charge on any atom is 0.250 e.